The molecular weight excluding hydrogens is 324 g/mol. The minimum absolute atomic E-state index is 0.0254. The molecule has 6 nitrogen and oxygen atoms in total. The summed E-state index contributed by atoms with van der Waals surface area (Å²) in [6.07, 6.45) is 4.57. The standard InChI is InChI=1S/C19H26O6/c1-2-3-4-8-11-17(20)24-14-12-23-13-15-25-19(22)18(21)16-9-6-5-7-10-16/h5-7,9-10H,2-4,8,11-15H2,1H3. The Bertz CT molecular complexity index is 526. The normalized spacial score (nSPS) is 10.3. The van der Waals surface area contributed by atoms with E-state index in [4.69, 9.17) is 14.2 Å². The zero-order chi connectivity index (χ0) is 18.3. The van der Waals surface area contributed by atoms with Crippen molar-refractivity contribution in [3.63, 3.8) is 0 Å². The maximum absolute atomic E-state index is 11.7. The van der Waals surface area contributed by atoms with E-state index in [1.54, 1.807) is 30.3 Å². The van der Waals surface area contributed by atoms with Crippen molar-refractivity contribution in [1.29, 1.82) is 0 Å². The molecule has 0 fully saturated rings. The molecular formula is C19H26O6. The molecule has 0 saturated heterocycles. The number of carbonyl (C=O) groups excluding carboxylic acids is 3. The number of hydrogen-bond acceptors (Lipinski definition) is 6. The molecule has 0 spiro atoms. The van der Waals surface area contributed by atoms with E-state index in [1.165, 1.54) is 0 Å². The molecule has 0 aliphatic carbocycles. The third kappa shape index (κ3) is 9.62. The Morgan fingerprint density at radius 2 is 1.52 bits per heavy atom. The van der Waals surface area contributed by atoms with Crippen LogP contribution in [0.3, 0.4) is 0 Å². The number of esters is 2. The molecule has 0 aliphatic heterocycles. The molecule has 0 aliphatic rings. The van der Waals surface area contributed by atoms with E-state index < -0.39 is 11.8 Å². The third-order valence-corrected chi connectivity index (χ3v) is 3.41. The maximum Gasteiger partial charge on any atom is 0.379 e. The van der Waals surface area contributed by atoms with Gasteiger partial charge in [0.15, 0.2) is 0 Å². The third-order valence-electron chi connectivity index (χ3n) is 3.41. The molecule has 0 heterocycles. The summed E-state index contributed by atoms with van der Waals surface area (Å²) in [6.45, 7) is 2.63. The van der Waals surface area contributed by atoms with Gasteiger partial charge in [0.05, 0.1) is 13.2 Å². The molecule has 0 aromatic heterocycles. The molecule has 1 rings (SSSR count). The highest BCUT2D eigenvalue weighted by Gasteiger charge is 2.17. The van der Waals surface area contributed by atoms with Gasteiger partial charge in [-0.15, -0.1) is 0 Å². The van der Waals surface area contributed by atoms with Crippen molar-refractivity contribution in [2.75, 3.05) is 26.4 Å². The number of ketones is 1. The Kier molecular flexibility index (Phi) is 10.9. The van der Waals surface area contributed by atoms with Gasteiger partial charge in [-0.1, -0.05) is 56.5 Å². The molecule has 1 aromatic rings. The molecule has 138 valence electrons. The van der Waals surface area contributed by atoms with E-state index >= 15 is 0 Å². The lowest BCUT2D eigenvalue weighted by Crippen LogP contribution is -2.20. The minimum Gasteiger partial charge on any atom is -0.463 e. The monoisotopic (exact) mass is 350 g/mol. The average Bonchev–Trinajstić information content (AvgIpc) is 2.64. The van der Waals surface area contributed by atoms with Crippen molar-refractivity contribution in [3.8, 4) is 0 Å². The lowest BCUT2D eigenvalue weighted by molar-refractivity contribution is -0.145. The van der Waals surface area contributed by atoms with Gasteiger partial charge in [-0.3, -0.25) is 9.59 Å². The van der Waals surface area contributed by atoms with Crippen LogP contribution in [0.1, 0.15) is 49.4 Å². The number of rotatable bonds is 13. The van der Waals surface area contributed by atoms with Gasteiger partial charge in [-0.2, -0.15) is 0 Å². The summed E-state index contributed by atoms with van der Waals surface area (Å²) in [5.41, 5.74) is 0.291. The molecule has 0 unspecified atom stereocenters. The van der Waals surface area contributed by atoms with Crippen molar-refractivity contribution >= 4 is 17.7 Å². The quantitative estimate of drug-likeness (QED) is 0.235. The molecule has 0 radical (unpaired) electrons. The fourth-order valence-corrected chi connectivity index (χ4v) is 2.05. The molecule has 1 aromatic carbocycles. The van der Waals surface area contributed by atoms with Gasteiger partial charge in [-0.25, -0.2) is 4.79 Å². The van der Waals surface area contributed by atoms with Crippen LogP contribution in [0.4, 0.5) is 0 Å². The van der Waals surface area contributed by atoms with Crippen molar-refractivity contribution in [1.82, 2.24) is 0 Å². The predicted molar refractivity (Wildman–Crippen MR) is 92.3 cm³/mol. The van der Waals surface area contributed by atoms with Crippen molar-refractivity contribution < 1.29 is 28.6 Å². The van der Waals surface area contributed by atoms with E-state index in [0.717, 1.165) is 25.7 Å². The largest absolute Gasteiger partial charge is 0.463 e. The molecule has 0 N–H and O–H groups in total. The van der Waals surface area contributed by atoms with Crippen molar-refractivity contribution in [3.05, 3.63) is 35.9 Å². The highest BCUT2D eigenvalue weighted by Crippen LogP contribution is 2.03. The summed E-state index contributed by atoms with van der Waals surface area (Å²) in [5.74, 6) is -1.81. The first-order valence-electron chi connectivity index (χ1n) is 8.65. The first-order valence-corrected chi connectivity index (χ1v) is 8.65. The smallest absolute Gasteiger partial charge is 0.379 e. The molecule has 0 bridgehead atoms. The van der Waals surface area contributed by atoms with Crippen LogP contribution in [-0.4, -0.2) is 44.1 Å². The summed E-state index contributed by atoms with van der Waals surface area (Å²) < 4.78 is 15.1. The molecule has 0 amide bonds. The molecule has 0 saturated carbocycles. The molecule has 0 atom stereocenters. The van der Waals surface area contributed by atoms with Crippen molar-refractivity contribution in [2.24, 2.45) is 0 Å². The Morgan fingerprint density at radius 1 is 0.840 bits per heavy atom. The van der Waals surface area contributed by atoms with Crippen LogP contribution in [0.5, 0.6) is 0 Å². The highest BCUT2D eigenvalue weighted by atomic mass is 16.6. The van der Waals surface area contributed by atoms with Crippen LogP contribution in [0.2, 0.25) is 0 Å². The lowest BCUT2D eigenvalue weighted by Gasteiger charge is -2.07. The highest BCUT2D eigenvalue weighted by molar-refractivity contribution is 6.40. The van der Waals surface area contributed by atoms with Gasteiger partial charge in [0, 0.05) is 12.0 Å². The Labute approximate surface area is 148 Å². The summed E-state index contributed by atoms with van der Waals surface area (Å²) in [7, 11) is 0. The van der Waals surface area contributed by atoms with Crippen LogP contribution >= 0.6 is 0 Å². The molecule has 25 heavy (non-hydrogen) atoms. The number of ether oxygens (including phenoxy) is 3. The van der Waals surface area contributed by atoms with Gasteiger partial charge in [0.2, 0.25) is 0 Å². The maximum atomic E-state index is 11.7. The second-order valence-electron chi connectivity index (χ2n) is 5.47. The minimum atomic E-state index is -0.909. The summed E-state index contributed by atoms with van der Waals surface area (Å²) in [5, 5.41) is 0. The first-order chi connectivity index (χ1) is 12.1. The number of benzene rings is 1. The number of carbonyl (C=O) groups is 3. The average molecular weight is 350 g/mol. The Morgan fingerprint density at radius 3 is 2.20 bits per heavy atom. The van der Waals surface area contributed by atoms with Gasteiger partial charge < -0.3 is 14.2 Å². The zero-order valence-corrected chi connectivity index (χ0v) is 14.7. The van der Waals surface area contributed by atoms with E-state index in [9.17, 15) is 14.4 Å². The fraction of sp³-hybridized carbons (Fsp3) is 0.526. The first kappa shape index (κ1) is 20.8. The summed E-state index contributed by atoms with van der Waals surface area (Å²) in [6, 6.07) is 8.21. The van der Waals surface area contributed by atoms with E-state index in [2.05, 4.69) is 6.92 Å². The number of Topliss-reactive ketones (excluding diaryl/α,β-unsaturated/α-hetero) is 1. The van der Waals surface area contributed by atoms with E-state index in [-0.39, 0.29) is 32.4 Å². The van der Waals surface area contributed by atoms with Crippen LogP contribution in [0.15, 0.2) is 30.3 Å². The van der Waals surface area contributed by atoms with E-state index in [0.29, 0.717) is 12.0 Å². The SMILES string of the molecule is CCCCCCC(=O)OCCOCCOC(=O)C(=O)c1ccccc1. The lowest BCUT2D eigenvalue weighted by atomic mass is 10.1. The Balaban J connectivity index is 2.00. The van der Waals surface area contributed by atoms with Gasteiger partial charge >= 0.3 is 11.9 Å². The molecule has 6 heteroatoms. The van der Waals surface area contributed by atoms with Gasteiger partial charge in [0.25, 0.3) is 5.78 Å². The van der Waals surface area contributed by atoms with Crippen LogP contribution in [0.25, 0.3) is 0 Å². The van der Waals surface area contributed by atoms with Crippen LogP contribution < -0.4 is 0 Å². The van der Waals surface area contributed by atoms with Crippen LogP contribution in [0, 0.1) is 0 Å². The number of hydrogen-bond donors (Lipinski definition) is 0. The fourth-order valence-electron chi connectivity index (χ4n) is 2.05. The second-order valence-corrected chi connectivity index (χ2v) is 5.47. The zero-order valence-electron chi connectivity index (χ0n) is 14.7. The summed E-state index contributed by atoms with van der Waals surface area (Å²) >= 11 is 0. The summed E-state index contributed by atoms with van der Waals surface area (Å²) in [4.78, 5) is 34.7. The topological polar surface area (TPSA) is 78.9 Å². The van der Waals surface area contributed by atoms with Gasteiger partial charge in [-0.05, 0) is 6.42 Å². The predicted octanol–water partition coefficient (Wildman–Crippen LogP) is 2.94. The van der Waals surface area contributed by atoms with E-state index in [1.807, 2.05) is 0 Å². The van der Waals surface area contributed by atoms with Crippen molar-refractivity contribution in [2.45, 2.75) is 39.0 Å². The second kappa shape index (κ2) is 13.1. The Hall–Kier alpha value is -2.21. The van der Waals surface area contributed by atoms with Gasteiger partial charge in [0.1, 0.15) is 13.2 Å². The van der Waals surface area contributed by atoms with Crippen LogP contribution in [-0.2, 0) is 23.8 Å². The number of unbranched alkanes of at least 4 members (excludes halogenated alkanes) is 3.